The summed E-state index contributed by atoms with van der Waals surface area (Å²) in [5, 5.41) is 8.73. The van der Waals surface area contributed by atoms with E-state index in [1.807, 2.05) is 20.8 Å². The van der Waals surface area contributed by atoms with Crippen molar-refractivity contribution in [3.05, 3.63) is 29.8 Å². The molecule has 1 rings (SSSR count). The number of hydrogen-bond donors (Lipinski definition) is 2. The second-order valence-corrected chi connectivity index (χ2v) is 7.89. The van der Waals surface area contributed by atoms with Gasteiger partial charge in [0.05, 0.1) is 18.0 Å². The number of para-hydroxylation sites is 1. The minimum Gasteiger partial charge on any atom is -0.395 e. The zero-order valence-electron chi connectivity index (χ0n) is 12.8. The van der Waals surface area contributed by atoms with E-state index in [1.165, 1.54) is 0 Å². The summed E-state index contributed by atoms with van der Waals surface area (Å²) in [4.78, 5) is 0. The molecule has 0 aromatic heterocycles. The van der Waals surface area contributed by atoms with Crippen molar-refractivity contribution in [3.8, 4) is 11.8 Å². The summed E-state index contributed by atoms with van der Waals surface area (Å²) in [6.07, 6.45) is 0.950. The third-order valence-electron chi connectivity index (χ3n) is 2.77. The smallest absolute Gasteiger partial charge is 0.232 e. The number of aliphatic hydroxyl groups excluding tert-OH is 1. The molecule has 0 aliphatic carbocycles. The molecule has 0 bridgehead atoms. The summed E-state index contributed by atoms with van der Waals surface area (Å²) in [6, 6.07) is 7.01. The van der Waals surface area contributed by atoms with Gasteiger partial charge in [0.2, 0.25) is 10.0 Å². The molecule has 116 valence electrons. The maximum atomic E-state index is 12.1. The largest absolute Gasteiger partial charge is 0.395 e. The van der Waals surface area contributed by atoms with Gasteiger partial charge in [0.25, 0.3) is 0 Å². The zero-order chi connectivity index (χ0) is 15.9. The fraction of sp³-hybridized carbons (Fsp3) is 0.500. The monoisotopic (exact) mass is 309 g/mol. The SMILES string of the molecule is CC(C)(C)CCS(=O)(=O)Nc1ccccc1C#CCCO. The van der Waals surface area contributed by atoms with Crippen molar-refractivity contribution in [1.82, 2.24) is 0 Å². The van der Waals surface area contributed by atoms with Gasteiger partial charge >= 0.3 is 0 Å². The molecule has 0 atom stereocenters. The Hall–Kier alpha value is -1.51. The summed E-state index contributed by atoms with van der Waals surface area (Å²) >= 11 is 0. The van der Waals surface area contributed by atoms with E-state index >= 15 is 0 Å². The van der Waals surface area contributed by atoms with Crippen LogP contribution in [-0.2, 0) is 10.0 Å². The van der Waals surface area contributed by atoms with E-state index < -0.39 is 10.0 Å². The Morgan fingerprint density at radius 3 is 2.52 bits per heavy atom. The molecule has 5 heteroatoms. The van der Waals surface area contributed by atoms with Crippen LogP contribution in [0, 0.1) is 17.3 Å². The molecule has 0 saturated heterocycles. The van der Waals surface area contributed by atoms with Crippen molar-refractivity contribution in [1.29, 1.82) is 0 Å². The topological polar surface area (TPSA) is 66.4 Å². The van der Waals surface area contributed by atoms with Gasteiger partial charge in [-0.3, -0.25) is 4.72 Å². The molecular formula is C16H23NO3S. The second kappa shape index (κ2) is 7.48. The Morgan fingerprint density at radius 1 is 1.24 bits per heavy atom. The lowest BCUT2D eigenvalue weighted by molar-refractivity contribution is 0.305. The standard InChI is InChI=1S/C16H23NO3S/c1-16(2,3)11-13-21(19,20)17-15-10-5-4-8-14(15)9-6-7-12-18/h4-5,8,10,17-18H,7,11-13H2,1-3H3. The third-order valence-corrected chi connectivity index (χ3v) is 4.05. The van der Waals surface area contributed by atoms with Gasteiger partial charge in [0, 0.05) is 12.0 Å². The fourth-order valence-corrected chi connectivity index (χ4v) is 3.05. The summed E-state index contributed by atoms with van der Waals surface area (Å²) < 4.78 is 26.9. The van der Waals surface area contributed by atoms with Crippen LogP contribution < -0.4 is 4.72 Å². The summed E-state index contributed by atoms with van der Waals surface area (Å²) in [6.45, 7) is 6.02. The molecule has 0 spiro atoms. The van der Waals surface area contributed by atoms with Gasteiger partial charge in [0.1, 0.15) is 0 Å². The van der Waals surface area contributed by atoms with E-state index in [0.29, 0.717) is 24.1 Å². The lowest BCUT2D eigenvalue weighted by Crippen LogP contribution is -2.21. The van der Waals surface area contributed by atoms with Crippen LogP contribution in [0.3, 0.4) is 0 Å². The average molecular weight is 309 g/mol. The predicted molar refractivity (Wildman–Crippen MR) is 86.5 cm³/mol. The van der Waals surface area contributed by atoms with E-state index in [-0.39, 0.29) is 17.8 Å². The molecule has 21 heavy (non-hydrogen) atoms. The number of hydrogen-bond acceptors (Lipinski definition) is 3. The highest BCUT2D eigenvalue weighted by molar-refractivity contribution is 7.92. The lowest BCUT2D eigenvalue weighted by atomic mass is 9.94. The van der Waals surface area contributed by atoms with Gasteiger partial charge < -0.3 is 5.11 Å². The van der Waals surface area contributed by atoms with E-state index in [4.69, 9.17) is 5.11 Å². The third kappa shape index (κ3) is 7.16. The van der Waals surface area contributed by atoms with Gasteiger partial charge in [-0.25, -0.2) is 8.42 Å². The highest BCUT2D eigenvalue weighted by atomic mass is 32.2. The first kappa shape index (κ1) is 17.5. The molecule has 2 N–H and O–H groups in total. The van der Waals surface area contributed by atoms with Crippen LogP contribution in [0.2, 0.25) is 0 Å². The minimum absolute atomic E-state index is 0.00746. The highest BCUT2D eigenvalue weighted by Crippen LogP contribution is 2.21. The van der Waals surface area contributed by atoms with Gasteiger partial charge in [-0.2, -0.15) is 0 Å². The van der Waals surface area contributed by atoms with Crippen molar-refractivity contribution in [3.63, 3.8) is 0 Å². The Bertz CT molecular complexity index is 619. The van der Waals surface area contributed by atoms with Crippen molar-refractivity contribution < 1.29 is 13.5 Å². The van der Waals surface area contributed by atoms with Crippen molar-refractivity contribution >= 4 is 15.7 Å². The molecular weight excluding hydrogens is 286 g/mol. The van der Waals surface area contributed by atoms with Gasteiger partial charge in [-0.1, -0.05) is 44.7 Å². The molecule has 1 aromatic rings. The van der Waals surface area contributed by atoms with Gasteiger partial charge in [-0.15, -0.1) is 0 Å². The molecule has 1 aromatic carbocycles. The van der Waals surface area contributed by atoms with Crippen LogP contribution >= 0.6 is 0 Å². The Morgan fingerprint density at radius 2 is 1.90 bits per heavy atom. The predicted octanol–water partition coefficient (Wildman–Crippen LogP) is 2.60. The van der Waals surface area contributed by atoms with E-state index in [1.54, 1.807) is 24.3 Å². The second-order valence-electron chi connectivity index (χ2n) is 6.05. The van der Waals surface area contributed by atoms with Gasteiger partial charge in [-0.05, 0) is 24.0 Å². The van der Waals surface area contributed by atoms with Crippen LogP contribution in [-0.4, -0.2) is 25.9 Å². The first-order chi connectivity index (χ1) is 9.73. The lowest BCUT2D eigenvalue weighted by Gasteiger charge is -2.18. The maximum Gasteiger partial charge on any atom is 0.232 e. The molecule has 0 aliphatic rings. The van der Waals surface area contributed by atoms with Crippen LogP contribution in [0.5, 0.6) is 0 Å². The van der Waals surface area contributed by atoms with Crippen LogP contribution in [0.1, 0.15) is 39.2 Å². The maximum absolute atomic E-state index is 12.1. The Balaban J connectivity index is 2.85. The van der Waals surface area contributed by atoms with Crippen molar-refractivity contribution in [2.75, 3.05) is 17.1 Å². The molecule has 0 saturated carbocycles. The number of nitrogens with one attached hydrogen (secondary N) is 1. The zero-order valence-corrected chi connectivity index (χ0v) is 13.6. The summed E-state index contributed by atoms with van der Waals surface area (Å²) in [5.74, 6) is 5.75. The average Bonchev–Trinajstić information content (AvgIpc) is 2.38. The van der Waals surface area contributed by atoms with Gasteiger partial charge in [0.15, 0.2) is 0 Å². The molecule has 0 amide bonds. The Kier molecular flexibility index (Phi) is 6.25. The number of aliphatic hydroxyl groups is 1. The Labute approximate surface area is 127 Å². The van der Waals surface area contributed by atoms with E-state index in [0.717, 1.165) is 0 Å². The number of rotatable bonds is 5. The molecule has 4 nitrogen and oxygen atoms in total. The van der Waals surface area contributed by atoms with E-state index in [2.05, 4.69) is 16.6 Å². The minimum atomic E-state index is -3.39. The molecule has 0 unspecified atom stereocenters. The number of sulfonamides is 1. The molecule has 0 radical (unpaired) electrons. The summed E-state index contributed by atoms with van der Waals surface area (Å²) in [7, 11) is -3.39. The number of benzene rings is 1. The quantitative estimate of drug-likeness (QED) is 0.822. The normalized spacial score (nSPS) is 11.6. The molecule has 0 heterocycles. The van der Waals surface area contributed by atoms with Crippen molar-refractivity contribution in [2.45, 2.75) is 33.6 Å². The van der Waals surface area contributed by atoms with Crippen LogP contribution in [0.15, 0.2) is 24.3 Å². The first-order valence-corrected chi connectivity index (χ1v) is 8.58. The summed E-state index contributed by atoms with van der Waals surface area (Å²) in [5.41, 5.74) is 1.07. The van der Waals surface area contributed by atoms with Crippen LogP contribution in [0.4, 0.5) is 5.69 Å². The fourth-order valence-electron chi connectivity index (χ4n) is 1.55. The number of anilines is 1. The van der Waals surface area contributed by atoms with E-state index in [9.17, 15) is 8.42 Å². The highest BCUT2D eigenvalue weighted by Gasteiger charge is 2.18. The first-order valence-electron chi connectivity index (χ1n) is 6.93. The van der Waals surface area contributed by atoms with Crippen molar-refractivity contribution in [2.24, 2.45) is 5.41 Å². The van der Waals surface area contributed by atoms with Crippen LogP contribution in [0.25, 0.3) is 0 Å². The molecule has 0 aliphatic heterocycles. The molecule has 0 fully saturated rings.